The monoisotopic (exact) mass is 473 g/mol. The Morgan fingerprint density at radius 3 is 2.53 bits per heavy atom. The van der Waals surface area contributed by atoms with Gasteiger partial charge in [0.25, 0.3) is 0 Å². The molecule has 0 fully saturated rings. The molecule has 9 heteroatoms. The van der Waals surface area contributed by atoms with Crippen LogP contribution in [0.1, 0.15) is 45.7 Å². The summed E-state index contributed by atoms with van der Waals surface area (Å²) in [6.45, 7) is 6.03. The van der Waals surface area contributed by atoms with Gasteiger partial charge in [-0.05, 0) is 32.4 Å². The van der Waals surface area contributed by atoms with Crippen molar-refractivity contribution < 1.29 is 14.6 Å². The fraction of sp³-hybridized carbons (Fsp3) is 0.240. The number of carbonyl (C=O) groups is 1. The SMILES string of the molecule is COc1cccc(-c2ccc(C3=N[C@@H](CC(=O)O)c4nnc(C)n4-c4sc(C)c(C)c43)cc2)n1. The molecule has 34 heavy (non-hydrogen) atoms. The van der Waals surface area contributed by atoms with Crippen LogP contribution in [0, 0.1) is 20.8 Å². The topological polar surface area (TPSA) is 102 Å². The van der Waals surface area contributed by atoms with Gasteiger partial charge in [-0.25, -0.2) is 4.98 Å². The molecule has 3 aromatic heterocycles. The highest BCUT2D eigenvalue weighted by Gasteiger charge is 2.32. The molecule has 0 amide bonds. The van der Waals surface area contributed by atoms with Crippen molar-refractivity contribution in [3.63, 3.8) is 0 Å². The van der Waals surface area contributed by atoms with Crippen LogP contribution in [-0.4, -0.2) is 43.6 Å². The van der Waals surface area contributed by atoms with Crippen LogP contribution in [0.3, 0.4) is 0 Å². The summed E-state index contributed by atoms with van der Waals surface area (Å²) < 4.78 is 7.21. The van der Waals surface area contributed by atoms with E-state index in [-0.39, 0.29) is 6.42 Å². The first-order valence-electron chi connectivity index (χ1n) is 10.8. The summed E-state index contributed by atoms with van der Waals surface area (Å²) in [5, 5.41) is 19.1. The summed E-state index contributed by atoms with van der Waals surface area (Å²) >= 11 is 1.65. The quantitative estimate of drug-likeness (QED) is 0.451. The lowest BCUT2D eigenvalue weighted by Crippen LogP contribution is -2.10. The van der Waals surface area contributed by atoms with Gasteiger partial charge in [0.15, 0.2) is 5.82 Å². The molecule has 1 atom stereocenters. The molecule has 0 bridgehead atoms. The van der Waals surface area contributed by atoms with Gasteiger partial charge in [0.05, 0.1) is 24.9 Å². The number of aliphatic carboxylic acids is 1. The van der Waals surface area contributed by atoms with E-state index in [0.29, 0.717) is 17.5 Å². The first-order valence-corrected chi connectivity index (χ1v) is 11.6. The molecule has 1 aromatic carbocycles. The number of carboxylic acids is 1. The Kier molecular flexibility index (Phi) is 5.49. The van der Waals surface area contributed by atoms with Crippen molar-refractivity contribution in [1.82, 2.24) is 19.7 Å². The molecule has 1 aliphatic rings. The number of aryl methyl sites for hydroxylation is 2. The Balaban J connectivity index is 1.66. The van der Waals surface area contributed by atoms with Crippen LogP contribution in [0.4, 0.5) is 0 Å². The van der Waals surface area contributed by atoms with Gasteiger partial charge in [0.2, 0.25) is 5.88 Å². The van der Waals surface area contributed by atoms with Gasteiger partial charge in [0.1, 0.15) is 16.9 Å². The highest BCUT2D eigenvalue weighted by atomic mass is 32.1. The van der Waals surface area contributed by atoms with Crippen LogP contribution in [0.2, 0.25) is 0 Å². The maximum absolute atomic E-state index is 11.7. The predicted molar refractivity (Wildman–Crippen MR) is 130 cm³/mol. The van der Waals surface area contributed by atoms with E-state index in [1.54, 1.807) is 18.4 Å². The molecule has 0 unspecified atom stereocenters. The minimum atomic E-state index is -0.932. The number of hydrogen-bond donors (Lipinski definition) is 1. The number of hydrogen-bond acceptors (Lipinski definition) is 7. The van der Waals surface area contributed by atoms with Crippen LogP contribution in [0.5, 0.6) is 5.88 Å². The van der Waals surface area contributed by atoms with Gasteiger partial charge in [-0.3, -0.25) is 14.4 Å². The lowest BCUT2D eigenvalue weighted by Gasteiger charge is -2.11. The van der Waals surface area contributed by atoms with Gasteiger partial charge >= 0.3 is 5.97 Å². The zero-order chi connectivity index (χ0) is 24.0. The number of benzene rings is 1. The van der Waals surface area contributed by atoms with Crippen molar-refractivity contribution in [2.75, 3.05) is 7.11 Å². The van der Waals surface area contributed by atoms with E-state index in [1.165, 1.54) is 4.88 Å². The first kappa shape index (κ1) is 22.0. The minimum Gasteiger partial charge on any atom is -0.481 e. The second-order valence-corrected chi connectivity index (χ2v) is 9.34. The van der Waals surface area contributed by atoms with Gasteiger partial charge in [0, 0.05) is 27.6 Å². The number of ether oxygens (including phenoxy) is 1. The van der Waals surface area contributed by atoms with Gasteiger partial charge in [-0.1, -0.05) is 30.3 Å². The second kappa shape index (κ2) is 8.49. The lowest BCUT2D eigenvalue weighted by atomic mass is 9.98. The maximum Gasteiger partial charge on any atom is 0.306 e. The van der Waals surface area contributed by atoms with Crippen LogP contribution >= 0.6 is 11.3 Å². The van der Waals surface area contributed by atoms with Crippen molar-refractivity contribution in [2.45, 2.75) is 33.2 Å². The average molecular weight is 474 g/mol. The average Bonchev–Trinajstić information content (AvgIpc) is 3.31. The van der Waals surface area contributed by atoms with E-state index in [0.717, 1.165) is 38.7 Å². The minimum absolute atomic E-state index is 0.166. The number of thiophene rings is 1. The number of aromatic nitrogens is 4. The number of pyridine rings is 1. The molecule has 1 N–H and O–H groups in total. The zero-order valence-corrected chi connectivity index (χ0v) is 20.1. The maximum atomic E-state index is 11.7. The standard InChI is InChI=1S/C25H23N5O3S/c1-13-14(2)34-25-22(13)23(27-19(12-21(31)32)24-29-28-15(3)30(24)25)17-10-8-16(9-11-17)18-6-5-7-20(26-18)33-4/h5-11,19H,12H2,1-4H3,(H,31,32)/t19-/m0/s1. The molecule has 5 rings (SSSR count). The van der Waals surface area contributed by atoms with Crippen molar-refractivity contribution in [1.29, 1.82) is 0 Å². The Hall–Kier alpha value is -3.85. The predicted octanol–water partition coefficient (Wildman–Crippen LogP) is 4.69. The fourth-order valence-electron chi connectivity index (χ4n) is 4.18. The molecular formula is C25H23N5O3S. The molecule has 1 aliphatic heterocycles. The molecule has 4 heterocycles. The highest BCUT2D eigenvalue weighted by Crippen LogP contribution is 2.39. The van der Waals surface area contributed by atoms with Gasteiger partial charge in [-0.15, -0.1) is 21.5 Å². The van der Waals surface area contributed by atoms with Crippen LogP contribution in [0.15, 0.2) is 47.5 Å². The first-order chi connectivity index (χ1) is 16.4. The van der Waals surface area contributed by atoms with E-state index >= 15 is 0 Å². The number of aliphatic imine (C=N–C) groups is 1. The third-order valence-corrected chi connectivity index (χ3v) is 7.19. The molecule has 0 saturated carbocycles. The fourth-order valence-corrected chi connectivity index (χ4v) is 5.39. The Morgan fingerprint density at radius 1 is 1.09 bits per heavy atom. The summed E-state index contributed by atoms with van der Waals surface area (Å²) in [6.07, 6.45) is -0.166. The van der Waals surface area contributed by atoms with Gasteiger partial charge < -0.3 is 9.84 Å². The molecule has 8 nitrogen and oxygen atoms in total. The molecular weight excluding hydrogens is 450 g/mol. The third-order valence-electron chi connectivity index (χ3n) is 5.99. The number of rotatable bonds is 5. The van der Waals surface area contributed by atoms with Crippen molar-refractivity contribution in [3.05, 3.63) is 75.7 Å². The normalized spacial score (nSPS) is 14.7. The molecule has 0 saturated heterocycles. The summed E-state index contributed by atoms with van der Waals surface area (Å²) in [4.78, 5) is 22.3. The van der Waals surface area contributed by atoms with E-state index < -0.39 is 12.0 Å². The van der Waals surface area contributed by atoms with Crippen LogP contribution < -0.4 is 4.74 Å². The number of fused-ring (bicyclic) bond motifs is 3. The lowest BCUT2D eigenvalue weighted by molar-refractivity contribution is -0.137. The van der Waals surface area contributed by atoms with Crippen LogP contribution in [0.25, 0.3) is 16.3 Å². The highest BCUT2D eigenvalue weighted by molar-refractivity contribution is 7.15. The largest absolute Gasteiger partial charge is 0.481 e. The second-order valence-electron chi connectivity index (χ2n) is 8.14. The Labute approximate surface area is 200 Å². The molecule has 172 valence electrons. The zero-order valence-electron chi connectivity index (χ0n) is 19.2. The molecule has 0 radical (unpaired) electrons. The van der Waals surface area contributed by atoms with Gasteiger partial charge in [-0.2, -0.15) is 0 Å². The number of nitrogens with zero attached hydrogens (tertiary/aromatic N) is 5. The summed E-state index contributed by atoms with van der Waals surface area (Å²) in [6, 6.07) is 13.0. The van der Waals surface area contributed by atoms with Crippen molar-refractivity contribution >= 4 is 23.0 Å². The Morgan fingerprint density at radius 2 is 1.82 bits per heavy atom. The number of methoxy groups -OCH3 is 1. The smallest absolute Gasteiger partial charge is 0.306 e. The summed E-state index contributed by atoms with van der Waals surface area (Å²) in [7, 11) is 1.60. The van der Waals surface area contributed by atoms with Crippen molar-refractivity contribution in [3.8, 4) is 22.1 Å². The van der Waals surface area contributed by atoms with E-state index in [4.69, 9.17) is 9.73 Å². The summed E-state index contributed by atoms with van der Waals surface area (Å²) in [5.41, 5.74) is 5.53. The molecule has 4 aromatic rings. The number of carboxylic acid groups (broad SMARTS) is 1. The van der Waals surface area contributed by atoms with Crippen LogP contribution in [-0.2, 0) is 4.79 Å². The molecule has 0 spiro atoms. The Bertz CT molecular complexity index is 1440. The summed E-state index contributed by atoms with van der Waals surface area (Å²) in [5.74, 6) is 0.884. The molecule has 0 aliphatic carbocycles. The van der Waals surface area contributed by atoms with E-state index in [2.05, 4.69) is 29.0 Å². The third kappa shape index (κ3) is 3.67. The van der Waals surface area contributed by atoms with E-state index in [9.17, 15) is 9.90 Å². The van der Waals surface area contributed by atoms with Crippen molar-refractivity contribution in [2.24, 2.45) is 4.99 Å². The van der Waals surface area contributed by atoms with E-state index in [1.807, 2.05) is 54.0 Å².